The van der Waals surface area contributed by atoms with Crippen LogP contribution in [0.15, 0.2) is 18.6 Å². The summed E-state index contributed by atoms with van der Waals surface area (Å²) in [5.41, 5.74) is 4.68. The van der Waals surface area contributed by atoms with Crippen molar-refractivity contribution in [2.45, 2.75) is 6.92 Å². The van der Waals surface area contributed by atoms with E-state index in [0.717, 1.165) is 28.0 Å². The van der Waals surface area contributed by atoms with Crippen LogP contribution in [0, 0.1) is 6.92 Å². The standard InChI is InChI=1S/C11H10ClN5/c1-6-7(4-15-16-6)9-3-8-10(17(9)2)11(12)14-5-13-8/h3-5H,1-2H3,(H,15,16). The van der Waals surface area contributed by atoms with Crippen molar-refractivity contribution in [2.24, 2.45) is 7.05 Å². The summed E-state index contributed by atoms with van der Waals surface area (Å²) in [5, 5.41) is 7.43. The number of nitrogens with zero attached hydrogens (tertiary/aromatic N) is 4. The van der Waals surface area contributed by atoms with E-state index in [0.29, 0.717) is 5.15 Å². The van der Waals surface area contributed by atoms with Crippen molar-refractivity contribution in [3.8, 4) is 11.3 Å². The molecule has 0 aliphatic heterocycles. The van der Waals surface area contributed by atoms with Crippen LogP contribution in [0.4, 0.5) is 0 Å². The van der Waals surface area contributed by atoms with Crippen molar-refractivity contribution in [3.63, 3.8) is 0 Å². The zero-order valence-corrected chi connectivity index (χ0v) is 10.2. The summed E-state index contributed by atoms with van der Waals surface area (Å²) in [6, 6.07) is 1.99. The van der Waals surface area contributed by atoms with Crippen LogP contribution >= 0.6 is 11.6 Å². The molecule has 1 N–H and O–H groups in total. The van der Waals surface area contributed by atoms with E-state index in [9.17, 15) is 0 Å². The molecule has 0 aliphatic carbocycles. The number of hydrogen-bond acceptors (Lipinski definition) is 3. The van der Waals surface area contributed by atoms with Gasteiger partial charge < -0.3 is 4.57 Å². The molecule has 0 saturated carbocycles. The van der Waals surface area contributed by atoms with E-state index in [1.165, 1.54) is 6.33 Å². The lowest BCUT2D eigenvalue weighted by molar-refractivity contribution is 0.969. The molecule has 0 fully saturated rings. The molecule has 0 unspecified atom stereocenters. The molecule has 17 heavy (non-hydrogen) atoms. The number of aromatic amines is 1. The van der Waals surface area contributed by atoms with Gasteiger partial charge in [-0.05, 0) is 13.0 Å². The summed E-state index contributed by atoms with van der Waals surface area (Å²) in [5.74, 6) is 0. The minimum atomic E-state index is 0.463. The second-order valence-corrected chi connectivity index (χ2v) is 4.23. The highest BCUT2D eigenvalue weighted by atomic mass is 35.5. The largest absolute Gasteiger partial charge is 0.340 e. The Kier molecular flexibility index (Phi) is 2.16. The molecule has 86 valence electrons. The van der Waals surface area contributed by atoms with Crippen LogP contribution in [-0.2, 0) is 7.05 Å². The first kappa shape index (κ1) is 10.3. The van der Waals surface area contributed by atoms with Gasteiger partial charge in [0.05, 0.1) is 16.9 Å². The summed E-state index contributed by atoms with van der Waals surface area (Å²) < 4.78 is 1.98. The third kappa shape index (κ3) is 1.43. The van der Waals surface area contributed by atoms with Crippen molar-refractivity contribution < 1.29 is 0 Å². The Morgan fingerprint density at radius 3 is 2.82 bits per heavy atom. The summed E-state index contributed by atoms with van der Waals surface area (Å²) in [4.78, 5) is 8.21. The van der Waals surface area contributed by atoms with E-state index >= 15 is 0 Å². The van der Waals surface area contributed by atoms with E-state index in [4.69, 9.17) is 11.6 Å². The highest BCUT2D eigenvalue weighted by molar-refractivity contribution is 6.33. The monoisotopic (exact) mass is 247 g/mol. The number of fused-ring (bicyclic) bond motifs is 1. The number of aryl methyl sites for hydroxylation is 2. The molecule has 5 nitrogen and oxygen atoms in total. The molecule has 0 aliphatic rings. The van der Waals surface area contributed by atoms with Crippen molar-refractivity contribution in [3.05, 3.63) is 29.4 Å². The van der Waals surface area contributed by atoms with Crippen molar-refractivity contribution in [1.29, 1.82) is 0 Å². The third-order valence-electron chi connectivity index (χ3n) is 2.88. The maximum absolute atomic E-state index is 6.08. The first-order chi connectivity index (χ1) is 8.18. The first-order valence-corrected chi connectivity index (χ1v) is 5.53. The molecule has 3 aromatic heterocycles. The Morgan fingerprint density at radius 2 is 2.18 bits per heavy atom. The molecular weight excluding hydrogens is 238 g/mol. The predicted octanol–water partition coefficient (Wildman–Crippen LogP) is 2.32. The molecule has 3 heterocycles. The van der Waals surface area contributed by atoms with Crippen molar-refractivity contribution >= 4 is 22.6 Å². The Bertz CT molecular complexity index is 697. The van der Waals surface area contributed by atoms with Crippen LogP contribution in [0.5, 0.6) is 0 Å². The maximum atomic E-state index is 6.08. The molecule has 3 rings (SSSR count). The number of rotatable bonds is 1. The summed E-state index contributed by atoms with van der Waals surface area (Å²) >= 11 is 6.08. The summed E-state index contributed by atoms with van der Waals surface area (Å²) in [6.07, 6.45) is 3.33. The summed E-state index contributed by atoms with van der Waals surface area (Å²) in [7, 11) is 1.94. The molecule has 0 atom stereocenters. The quantitative estimate of drug-likeness (QED) is 0.672. The molecule has 0 bridgehead atoms. The fraction of sp³-hybridized carbons (Fsp3) is 0.182. The lowest BCUT2D eigenvalue weighted by atomic mass is 10.2. The normalized spacial score (nSPS) is 11.2. The SMILES string of the molecule is Cc1n[nH]cc1-c1cc2ncnc(Cl)c2n1C. The second-order valence-electron chi connectivity index (χ2n) is 3.87. The van der Waals surface area contributed by atoms with Gasteiger partial charge >= 0.3 is 0 Å². The van der Waals surface area contributed by atoms with E-state index in [2.05, 4.69) is 20.2 Å². The first-order valence-electron chi connectivity index (χ1n) is 5.15. The van der Waals surface area contributed by atoms with Gasteiger partial charge in [0.15, 0.2) is 5.15 Å². The van der Waals surface area contributed by atoms with Crippen molar-refractivity contribution in [1.82, 2.24) is 24.7 Å². The lowest BCUT2D eigenvalue weighted by Crippen LogP contribution is -1.93. The molecule has 0 radical (unpaired) electrons. The zero-order chi connectivity index (χ0) is 12.0. The van der Waals surface area contributed by atoms with Crippen LogP contribution in [0.2, 0.25) is 5.15 Å². The topological polar surface area (TPSA) is 59.4 Å². The van der Waals surface area contributed by atoms with Crippen LogP contribution in [0.25, 0.3) is 22.3 Å². The van der Waals surface area contributed by atoms with Crippen LogP contribution in [0.3, 0.4) is 0 Å². The number of aromatic nitrogens is 5. The highest BCUT2D eigenvalue weighted by Gasteiger charge is 2.14. The number of hydrogen-bond donors (Lipinski definition) is 1. The fourth-order valence-corrected chi connectivity index (χ4v) is 2.28. The van der Waals surface area contributed by atoms with Gasteiger partial charge in [-0.2, -0.15) is 5.10 Å². The Labute approximate surface area is 102 Å². The summed E-state index contributed by atoms with van der Waals surface area (Å²) in [6.45, 7) is 1.96. The average molecular weight is 248 g/mol. The highest BCUT2D eigenvalue weighted by Crippen LogP contribution is 2.29. The van der Waals surface area contributed by atoms with Gasteiger partial charge in [-0.25, -0.2) is 9.97 Å². The number of halogens is 1. The molecular formula is C11H10ClN5. The van der Waals surface area contributed by atoms with Crippen molar-refractivity contribution in [2.75, 3.05) is 0 Å². The smallest absolute Gasteiger partial charge is 0.156 e. The minimum Gasteiger partial charge on any atom is -0.340 e. The third-order valence-corrected chi connectivity index (χ3v) is 3.16. The van der Waals surface area contributed by atoms with E-state index in [1.807, 2.05) is 30.8 Å². The molecule has 0 saturated heterocycles. The number of H-pyrrole nitrogens is 1. The maximum Gasteiger partial charge on any atom is 0.156 e. The van der Waals surface area contributed by atoms with Crippen LogP contribution in [0.1, 0.15) is 5.69 Å². The van der Waals surface area contributed by atoms with E-state index in [-0.39, 0.29) is 0 Å². The molecule has 3 aromatic rings. The van der Waals surface area contributed by atoms with Gasteiger partial charge in [0.2, 0.25) is 0 Å². The van der Waals surface area contributed by atoms with Gasteiger partial charge in [0, 0.05) is 18.8 Å². The lowest BCUT2D eigenvalue weighted by Gasteiger charge is -2.02. The van der Waals surface area contributed by atoms with Crippen LogP contribution < -0.4 is 0 Å². The van der Waals surface area contributed by atoms with Gasteiger partial charge in [0.1, 0.15) is 11.8 Å². The Morgan fingerprint density at radius 1 is 1.35 bits per heavy atom. The fourth-order valence-electron chi connectivity index (χ4n) is 2.01. The van der Waals surface area contributed by atoms with Gasteiger partial charge in [-0.1, -0.05) is 11.6 Å². The second kappa shape index (κ2) is 3.56. The molecule has 0 aromatic carbocycles. The molecule has 6 heteroatoms. The van der Waals surface area contributed by atoms with E-state index < -0.39 is 0 Å². The average Bonchev–Trinajstić information content (AvgIpc) is 2.84. The van der Waals surface area contributed by atoms with Gasteiger partial charge in [-0.15, -0.1) is 0 Å². The zero-order valence-electron chi connectivity index (χ0n) is 9.40. The predicted molar refractivity (Wildman–Crippen MR) is 65.8 cm³/mol. The Balaban J connectivity index is 2.36. The van der Waals surface area contributed by atoms with Gasteiger partial charge in [0.25, 0.3) is 0 Å². The molecule has 0 amide bonds. The molecule has 0 spiro atoms. The Hall–Kier alpha value is -1.88. The van der Waals surface area contributed by atoms with Crippen LogP contribution in [-0.4, -0.2) is 24.7 Å². The minimum absolute atomic E-state index is 0.463. The van der Waals surface area contributed by atoms with E-state index in [1.54, 1.807) is 0 Å². The number of nitrogens with one attached hydrogen (secondary N) is 1. The van der Waals surface area contributed by atoms with Gasteiger partial charge in [-0.3, -0.25) is 5.10 Å².